The highest BCUT2D eigenvalue weighted by atomic mass is 16.5. The summed E-state index contributed by atoms with van der Waals surface area (Å²) < 4.78 is 16.6. The van der Waals surface area contributed by atoms with Crippen LogP contribution >= 0.6 is 0 Å². The van der Waals surface area contributed by atoms with Gasteiger partial charge in [-0.05, 0) is 55.8 Å². The summed E-state index contributed by atoms with van der Waals surface area (Å²) in [6.45, 7) is 3.38. The minimum atomic E-state index is -0.0747. The van der Waals surface area contributed by atoms with Crippen molar-refractivity contribution in [3.63, 3.8) is 0 Å². The molecule has 0 spiro atoms. The Morgan fingerprint density at radius 3 is 2.53 bits per heavy atom. The summed E-state index contributed by atoms with van der Waals surface area (Å²) in [6, 6.07) is 12.6. The maximum Gasteiger partial charge on any atom is 0.200 e. The second-order valence-corrected chi connectivity index (χ2v) is 7.34. The SMILES string of the molecule is COc1ccc(-c2coc3cc(OCC#CCN4CCCCC4)ccc3c2=O)cc1. The fourth-order valence-electron chi connectivity index (χ4n) is 3.62. The fourth-order valence-corrected chi connectivity index (χ4v) is 3.62. The quantitative estimate of drug-likeness (QED) is 0.594. The van der Waals surface area contributed by atoms with Gasteiger partial charge in [0.25, 0.3) is 0 Å². The Balaban J connectivity index is 1.43. The number of hydrogen-bond donors (Lipinski definition) is 0. The maximum atomic E-state index is 12.9. The third kappa shape index (κ3) is 4.67. The Hall–Kier alpha value is -3.23. The van der Waals surface area contributed by atoms with Crippen LogP contribution in [0.5, 0.6) is 11.5 Å². The van der Waals surface area contributed by atoms with E-state index in [-0.39, 0.29) is 5.43 Å². The number of likely N-dealkylation sites (tertiary alicyclic amines) is 1. The minimum Gasteiger partial charge on any atom is -0.497 e. The predicted octanol–water partition coefficient (Wildman–Crippen LogP) is 4.34. The number of fused-ring (bicyclic) bond motifs is 1. The van der Waals surface area contributed by atoms with Crippen molar-refractivity contribution in [2.24, 2.45) is 0 Å². The highest BCUT2D eigenvalue weighted by molar-refractivity contribution is 5.82. The lowest BCUT2D eigenvalue weighted by molar-refractivity contribution is 0.255. The summed E-state index contributed by atoms with van der Waals surface area (Å²) in [4.78, 5) is 15.3. The molecule has 2 heterocycles. The normalized spacial score (nSPS) is 14.2. The summed E-state index contributed by atoms with van der Waals surface area (Å²) in [5, 5.41) is 0.520. The van der Waals surface area contributed by atoms with Gasteiger partial charge in [0.1, 0.15) is 30.0 Å². The van der Waals surface area contributed by atoms with Gasteiger partial charge in [-0.15, -0.1) is 0 Å². The highest BCUT2D eigenvalue weighted by Crippen LogP contribution is 2.24. The van der Waals surface area contributed by atoms with Crippen LogP contribution < -0.4 is 14.9 Å². The molecule has 0 N–H and O–H groups in total. The molecule has 0 radical (unpaired) electrons. The van der Waals surface area contributed by atoms with Crippen LogP contribution in [0.25, 0.3) is 22.1 Å². The van der Waals surface area contributed by atoms with Gasteiger partial charge >= 0.3 is 0 Å². The van der Waals surface area contributed by atoms with E-state index in [1.54, 1.807) is 25.3 Å². The Bertz CT molecular complexity index is 1120. The first-order valence-electron chi connectivity index (χ1n) is 10.3. The van der Waals surface area contributed by atoms with Crippen LogP contribution in [-0.4, -0.2) is 38.3 Å². The summed E-state index contributed by atoms with van der Waals surface area (Å²) in [5.74, 6) is 7.61. The van der Waals surface area contributed by atoms with E-state index in [2.05, 4.69) is 16.7 Å². The van der Waals surface area contributed by atoms with Crippen molar-refractivity contribution >= 4 is 11.0 Å². The van der Waals surface area contributed by atoms with Gasteiger partial charge in [0.2, 0.25) is 0 Å². The van der Waals surface area contributed by atoms with Gasteiger partial charge in [0, 0.05) is 6.07 Å². The molecule has 1 fully saturated rings. The van der Waals surface area contributed by atoms with Crippen LogP contribution in [-0.2, 0) is 0 Å². The zero-order valence-corrected chi connectivity index (χ0v) is 17.1. The molecule has 0 aliphatic carbocycles. The molecule has 4 rings (SSSR count). The van der Waals surface area contributed by atoms with E-state index in [9.17, 15) is 4.79 Å². The summed E-state index contributed by atoms with van der Waals surface area (Å²) in [6.07, 6.45) is 5.35. The lowest BCUT2D eigenvalue weighted by Crippen LogP contribution is -2.29. The Morgan fingerprint density at radius 1 is 1.00 bits per heavy atom. The smallest absolute Gasteiger partial charge is 0.200 e. The Labute approximate surface area is 176 Å². The molecule has 0 bridgehead atoms. The van der Waals surface area contributed by atoms with Gasteiger partial charge in [0.05, 0.1) is 24.6 Å². The second-order valence-electron chi connectivity index (χ2n) is 7.34. The van der Waals surface area contributed by atoms with E-state index >= 15 is 0 Å². The lowest BCUT2D eigenvalue weighted by atomic mass is 10.1. The molecule has 5 nitrogen and oxygen atoms in total. The van der Waals surface area contributed by atoms with Crippen molar-refractivity contribution in [2.75, 3.05) is 33.4 Å². The predicted molar refractivity (Wildman–Crippen MR) is 118 cm³/mol. The summed E-state index contributed by atoms with van der Waals surface area (Å²) in [7, 11) is 1.61. The average molecular weight is 403 g/mol. The standard InChI is InChI=1S/C25H25NO4/c1-28-20-9-7-19(8-10-20)23-18-30-24-17-21(11-12-22(24)25(23)27)29-16-6-5-15-26-13-3-2-4-14-26/h7-12,17-18H,2-4,13-16H2,1H3. The van der Waals surface area contributed by atoms with Crippen molar-refractivity contribution in [3.05, 3.63) is 59.0 Å². The van der Waals surface area contributed by atoms with Crippen molar-refractivity contribution in [1.29, 1.82) is 0 Å². The van der Waals surface area contributed by atoms with Gasteiger partial charge in [-0.25, -0.2) is 0 Å². The largest absolute Gasteiger partial charge is 0.497 e. The number of rotatable bonds is 5. The third-order valence-electron chi connectivity index (χ3n) is 5.33. The molecule has 154 valence electrons. The topological polar surface area (TPSA) is 51.9 Å². The number of nitrogens with zero attached hydrogens (tertiary/aromatic N) is 1. The first-order chi connectivity index (χ1) is 14.7. The van der Waals surface area contributed by atoms with E-state index in [1.807, 2.05) is 24.3 Å². The molecular weight excluding hydrogens is 378 g/mol. The van der Waals surface area contributed by atoms with Gasteiger partial charge < -0.3 is 13.9 Å². The van der Waals surface area contributed by atoms with E-state index in [1.165, 1.54) is 25.5 Å². The van der Waals surface area contributed by atoms with Gasteiger partial charge in [-0.1, -0.05) is 30.4 Å². The third-order valence-corrected chi connectivity index (χ3v) is 5.33. The van der Waals surface area contributed by atoms with Crippen LogP contribution in [0.1, 0.15) is 19.3 Å². The molecule has 1 saturated heterocycles. The molecule has 30 heavy (non-hydrogen) atoms. The Morgan fingerprint density at radius 2 is 1.77 bits per heavy atom. The molecule has 1 aliphatic rings. The monoisotopic (exact) mass is 403 g/mol. The molecule has 0 amide bonds. The zero-order valence-electron chi connectivity index (χ0n) is 17.1. The van der Waals surface area contributed by atoms with Crippen LogP contribution in [0.15, 0.2) is 57.9 Å². The molecule has 0 unspecified atom stereocenters. The van der Waals surface area contributed by atoms with Crippen molar-refractivity contribution < 1.29 is 13.9 Å². The van der Waals surface area contributed by atoms with Crippen molar-refractivity contribution in [3.8, 4) is 34.5 Å². The van der Waals surface area contributed by atoms with Crippen LogP contribution in [0.3, 0.4) is 0 Å². The van der Waals surface area contributed by atoms with E-state index in [0.717, 1.165) is 30.9 Å². The Kier molecular flexibility index (Phi) is 6.36. The summed E-state index contributed by atoms with van der Waals surface area (Å²) in [5.41, 5.74) is 1.73. The highest BCUT2D eigenvalue weighted by Gasteiger charge is 2.10. The fraction of sp³-hybridized carbons (Fsp3) is 0.320. The second kappa shape index (κ2) is 9.51. The number of benzene rings is 2. The number of methoxy groups -OCH3 is 1. The molecule has 2 aromatic carbocycles. The van der Waals surface area contributed by atoms with Gasteiger partial charge in [0.15, 0.2) is 5.43 Å². The minimum absolute atomic E-state index is 0.0747. The molecule has 5 heteroatoms. The van der Waals surface area contributed by atoms with Gasteiger partial charge in [-0.2, -0.15) is 0 Å². The number of ether oxygens (including phenoxy) is 2. The molecule has 3 aromatic rings. The van der Waals surface area contributed by atoms with Gasteiger partial charge in [-0.3, -0.25) is 9.69 Å². The van der Waals surface area contributed by atoms with Crippen molar-refractivity contribution in [1.82, 2.24) is 4.90 Å². The first kappa shape index (κ1) is 20.1. The van der Waals surface area contributed by atoms with Crippen LogP contribution in [0.4, 0.5) is 0 Å². The van der Waals surface area contributed by atoms with Crippen LogP contribution in [0.2, 0.25) is 0 Å². The molecule has 1 aliphatic heterocycles. The molecule has 0 atom stereocenters. The van der Waals surface area contributed by atoms with Crippen LogP contribution in [0, 0.1) is 11.8 Å². The number of piperidine rings is 1. The molecule has 0 saturated carbocycles. The zero-order chi connectivity index (χ0) is 20.8. The van der Waals surface area contributed by atoms with E-state index < -0.39 is 0 Å². The lowest BCUT2D eigenvalue weighted by Gasteiger charge is -2.23. The molecular formula is C25H25NO4. The van der Waals surface area contributed by atoms with E-state index in [0.29, 0.717) is 28.9 Å². The molecule has 1 aromatic heterocycles. The van der Waals surface area contributed by atoms with E-state index in [4.69, 9.17) is 13.9 Å². The maximum absolute atomic E-state index is 12.9. The number of hydrogen-bond acceptors (Lipinski definition) is 5. The average Bonchev–Trinajstić information content (AvgIpc) is 2.80. The summed E-state index contributed by atoms with van der Waals surface area (Å²) >= 11 is 0. The first-order valence-corrected chi connectivity index (χ1v) is 10.3. The van der Waals surface area contributed by atoms with Crippen molar-refractivity contribution in [2.45, 2.75) is 19.3 Å².